The fourth-order valence-electron chi connectivity index (χ4n) is 8.85. The minimum absolute atomic E-state index is 0.0278. The Bertz CT molecular complexity index is 3210. The second-order valence-corrected chi connectivity index (χ2v) is 18.8. The predicted octanol–water partition coefficient (Wildman–Crippen LogP) is 9.40. The third-order valence-corrected chi connectivity index (χ3v) is 13.9. The average Bonchev–Trinajstić information content (AvgIpc) is 3.83. The molecule has 0 aliphatic carbocycles. The molecule has 0 fully saturated rings. The molecule has 4 aromatic carbocycles. The Morgan fingerprint density at radius 2 is 0.958 bits per heavy atom. The van der Waals surface area contributed by atoms with E-state index in [0.717, 1.165) is 56.5 Å². The standard InChI is InChI=1S/C28H26FN3O3S.C27H24FN3O4S/c1-4-21-23(13-19-7-5-6-8-22(19)18-9-11-20(29)12-10-18)32-14-16(2)31-28(36-15-17(3)33)25(32)24(21)26(34)27(30)35;1-3-19-21(12-17-6-4-5-7-20(17)16-8-10-18(28)11-9-16)31-13-15(2)30-27(36-14-22(32)33)24(31)23(19)25(34)26(29)35/h5-12,14H,4,13,15H2,1-3H3,(H2,30,35);4-11,13H,3,12,14H2,1-2H3,(H2,29,35)(H,32,33). The molecule has 0 atom stereocenters. The summed E-state index contributed by atoms with van der Waals surface area (Å²) in [5, 5.41) is 10.1. The number of carbonyl (C=O) groups is 6. The third-order valence-electron chi connectivity index (χ3n) is 11.8. The first-order valence-corrected chi connectivity index (χ1v) is 24.8. The molecule has 72 heavy (non-hydrogen) atoms. The van der Waals surface area contributed by atoms with Gasteiger partial charge >= 0.3 is 5.97 Å². The minimum Gasteiger partial charge on any atom is -0.481 e. The van der Waals surface area contributed by atoms with Crippen molar-refractivity contribution in [1.82, 2.24) is 18.8 Å². The number of benzene rings is 4. The molecule has 13 nitrogen and oxygen atoms in total. The molecule has 0 saturated carbocycles. The molecule has 0 bridgehead atoms. The van der Waals surface area contributed by atoms with Crippen molar-refractivity contribution < 1.29 is 42.7 Å². The highest BCUT2D eigenvalue weighted by Gasteiger charge is 2.31. The van der Waals surface area contributed by atoms with Gasteiger partial charge in [-0.3, -0.25) is 28.8 Å². The van der Waals surface area contributed by atoms with Gasteiger partial charge in [-0.05, 0) is 102 Å². The summed E-state index contributed by atoms with van der Waals surface area (Å²) < 4.78 is 30.8. The fraction of sp³-hybridized carbons (Fsp3) is 0.200. The first kappa shape index (κ1) is 52.1. The minimum atomic E-state index is -1.09. The van der Waals surface area contributed by atoms with Crippen molar-refractivity contribution in [3.8, 4) is 22.3 Å². The summed E-state index contributed by atoms with van der Waals surface area (Å²) in [6.07, 6.45) is 5.37. The summed E-state index contributed by atoms with van der Waals surface area (Å²) in [5.41, 5.74) is 21.9. The van der Waals surface area contributed by atoms with Crippen molar-refractivity contribution in [2.24, 2.45) is 11.5 Å². The number of nitrogens with zero attached hydrogens (tertiary/aromatic N) is 4. The number of thioether (sulfide) groups is 2. The summed E-state index contributed by atoms with van der Waals surface area (Å²) in [7, 11) is 0. The lowest BCUT2D eigenvalue weighted by atomic mass is 9.94. The number of nitrogens with two attached hydrogens (primary N) is 2. The number of aryl methyl sites for hydroxylation is 2. The maximum absolute atomic E-state index is 13.6. The van der Waals surface area contributed by atoms with Crippen molar-refractivity contribution >= 4 is 69.7 Å². The second-order valence-electron chi connectivity index (χ2n) is 16.9. The predicted molar refractivity (Wildman–Crippen MR) is 275 cm³/mol. The van der Waals surface area contributed by atoms with Crippen molar-refractivity contribution in [1.29, 1.82) is 0 Å². The lowest BCUT2D eigenvalue weighted by Gasteiger charge is -2.13. The highest BCUT2D eigenvalue weighted by Crippen LogP contribution is 2.37. The van der Waals surface area contributed by atoms with E-state index in [2.05, 4.69) is 9.97 Å². The maximum atomic E-state index is 13.6. The molecule has 0 spiro atoms. The molecule has 0 aliphatic heterocycles. The highest BCUT2D eigenvalue weighted by molar-refractivity contribution is 8.00. The summed E-state index contributed by atoms with van der Waals surface area (Å²) in [4.78, 5) is 82.2. The van der Waals surface area contributed by atoms with Crippen LogP contribution in [0.15, 0.2) is 120 Å². The Labute approximate surface area is 422 Å². The molecular formula is C55H50F2N6O7S2. The van der Waals surface area contributed by atoms with E-state index in [1.165, 1.54) is 43.0 Å². The van der Waals surface area contributed by atoms with E-state index < -0.39 is 29.4 Å². The van der Waals surface area contributed by atoms with Crippen LogP contribution < -0.4 is 11.5 Å². The molecule has 2 amide bonds. The fourth-order valence-corrected chi connectivity index (χ4v) is 10.5. The number of carboxylic acids is 1. The smallest absolute Gasteiger partial charge is 0.313 e. The number of amides is 2. The van der Waals surface area contributed by atoms with Gasteiger partial charge in [0.2, 0.25) is 0 Å². The van der Waals surface area contributed by atoms with Gasteiger partial charge in [0.15, 0.2) is 0 Å². The van der Waals surface area contributed by atoms with E-state index in [0.29, 0.717) is 69.3 Å². The molecular weight excluding hydrogens is 959 g/mol. The van der Waals surface area contributed by atoms with Crippen LogP contribution in [0.1, 0.15) is 86.5 Å². The summed E-state index contributed by atoms with van der Waals surface area (Å²) in [5.74, 6) is -5.52. The van der Waals surface area contributed by atoms with E-state index in [4.69, 9.17) is 11.5 Å². The number of carboxylic acid groups (broad SMARTS) is 1. The second kappa shape index (κ2) is 22.5. The van der Waals surface area contributed by atoms with E-state index in [1.807, 2.05) is 84.3 Å². The third kappa shape index (κ3) is 11.2. The molecule has 17 heteroatoms. The number of carbonyl (C=O) groups excluding carboxylic acids is 5. The van der Waals surface area contributed by atoms with Crippen LogP contribution >= 0.6 is 23.5 Å². The van der Waals surface area contributed by atoms with Crippen LogP contribution in [-0.2, 0) is 44.9 Å². The van der Waals surface area contributed by atoms with Gasteiger partial charge in [0.25, 0.3) is 23.4 Å². The van der Waals surface area contributed by atoms with Gasteiger partial charge in [-0.2, -0.15) is 0 Å². The van der Waals surface area contributed by atoms with E-state index in [-0.39, 0.29) is 40.1 Å². The zero-order chi connectivity index (χ0) is 52.0. The van der Waals surface area contributed by atoms with Gasteiger partial charge in [-0.25, -0.2) is 18.7 Å². The van der Waals surface area contributed by atoms with Gasteiger partial charge < -0.3 is 25.4 Å². The number of aromatic nitrogens is 4. The van der Waals surface area contributed by atoms with Crippen LogP contribution in [0.5, 0.6) is 0 Å². The van der Waals surface area contributed by atoms with Gasteiger partial charge in [0, 0.05) is 36.6 Å². The zero-order valence-corrected chi connectivity index (χ0v) is 41.7. The van der Waals surface area contributed by atoms with Crippen molar-refractivity contribution in [2.75, 3.05) is 11.5 Å². The number of halogens is 2. The Balaban J connectivity index is 0.000000211. The number of rotatable bonds is 18. The Morgan fingerprint density at radius 1 is 0.583 bits per heavy atom. The number of hydrogen-bond donors (Lipinski definition) is 3. The van der Waals surface area contributed by atoms with E-state index in [9.17, 15) is 42.7 Å². The first-order valence-electron chi connectivity index (χ1n) is 22.8. The molecule has 368 valence electrons. The van der Waals surface area contributed by atoms with Crippen LogP contribution in [0.4, 0.5) is 8.78 Å². The van der Waals surface area contributed by atoms with Gasteiger partial charge in [0.1, 0.15) is 27.5 Å². The van der Waals surface area contributed by atoms with E-state index in [1.54, 1.807) is 37.4 Å². The van der Waals surface area contributed by atoms with Crippen LogP contribution in [0.25, 0.3) is 33.3 Å². The Kier molecular flexibility index (Phi) is 16.3. The van der Waals surface area contributed by atoms with E-state index >= 15 is 0 Å². The lowest BCUT2D eigenvalue weighted by molar-refractivity contribution is -0.134. The SMILES string of the molecule is CCc1c(C(=O)C(N)=O)c2c(SCC(=O)O)nc(C)cn2c1Cc1ccccc1-c1ccc(F)cc1.CCc1c(C(=O)C(N)=O)c2c(SCC(C)=O)nc(C)cn2c1Cc1ccccc1-c1ccc(F)cc1. The monoisotopic (exact) mass is 1010 g/mol. The maximum Gasteiger partial charge on any atom is 0.313 e. The molecule has 0 unspecified atom stereocenters. The van der Waals surface area contributed by atoms with Crippen molar-refractivity contribution in [3.63, 3.8) is 0 Å². The topological polar surface area (TPSA) is 209 Å². The summed E-state index contributed by atoms with van der Waals surface area (Å²) in [6, 6.07) is 28.1. The normalized spacial score (nSPS) is 11.1. The quantitative estimate of drug-likeness (QED) is 0.0419. The number of hydrogen-bond acceptors (Lipinski definition) is 10. The zero-order valence-electron chi connectivity index (χ0n) is 40.0. The van der Waals surface area contributed by atoms with Crippen LogP contribution in [0.2, 0.25) is 0 Å². The van der Waals surface area contributed by atoms with Crippen molar-refractivity contribution in [3.05, 3.63) is 177 Å². The lowest BCUT2D eigenvalue weighted by Crippen LogP contribution is -2.24. The van der Waals surface area contributed by atoms with Gasteiger partial charge in [-0.15, -0.1) is 0 Å². The van der Waals surface area contributed by atoms with Crippen LogP contribution in [0.3, 0.4) is 0 Å². The van der Waals surface area contributed by atoms with Crippen LogP contribution in [0, 0.1) is 25.5 Å². The van der Waals surface area contributed by atoms with Gasteiger partial charge in [0.05, 0.1) is 45.1 Å². The first-order chi connectivity index (χ1) is 34.4. The molecule has 0 saturated heterocycles. The van der Waals surface area contributed by atoms with Crippen molar-refractivity contribution in [2.45, 2.75) is 70.4 Å². The number of ketones is 3. The van der Waals surface area contributed by atoms with Gasteiger partial charge in [-0.1, -0.05) is 110 Å². The molecule has 8 rings (SSSR count). The number of fused-ring (bicyclic) bond motifs is 2. The number of Topliss-reactive ketones (excluding diaryl/α,β-unsaturated/α-hetero) is 3. The highest BCUT2D eigenvalue weighted by atomic mass is 32.2. The van der Waals surface area contributed by atoms with Crippen LogP contribution in [-0.4, -0.2) is 70.5 Å². The summed E-state index contributed by atoms with van der Waals surface area (Å²) in [6.45, 7) is 8.91. The molecule has 4 aromatic heterocycles. The average molecular weight is 1010 g/mol. The molecule has 0 radical (unpaired) electrons. The molecule has 0 aliphatic rings. The molecule has 8 aromatic rings. The number of primary amides is 2. The molecule has 4 heterocycles. The molecule has 5 N–H and O–H groups in total. The Morgan fingerprint density at radius 3 is 1.31 bits per heavy atom. The summed E-state index contributed by atoms with van der Waals surface area (Å²) >= 11 is 2.22. The Hall–Kier alpha value is -7.76. The largest absolute Gasteiger partial charge is 0.481 e. The number of aliphatic carboxylic acids is 1.